The molecule has 0 aromatic rings. The molecule has 3 heteroatoms. The predicted octanol–water partition coefficient (Wildman–Crippen LogP) is 1.67. The van der Waals surface area contributed by atoms with Gasteiger partial charge in [0.2, 0.25) is 0 Å². The van der Waals surface area contributed by atoms with Gasteiger partial charge in [0.25, 0.3) is 0 Å². The molecule has 1 aliphatic rings. The van der Waals surface area contributed by atoms with Gasteiger partial charge < -0.3 is 9.47 Å². The van der Waals surface area contributed by atoms with Gasteiger partial charge in [-0.3, -0.25) is 4.79 Å². The summed E-state index contributed by atoms with van der Waals surface area (Å²) in [5.74, 6) is -0.243. The summed E-state index contributed by atoms with van der Waals surface area (Å²) in [4.78, 5) is 10.6. The van der Waals surface area contributed by atoms with E-state index in [1.807, 2.05) is 13.8 Å². The van der Waals surface area contributed by atoms with Crippen molar-refractivity contribution in [1.29, 1.82) is 0 Å². The Morgan fingerprint density at radius 1 is 1.54 bits per heavy atom. The topological polar surface area (TPSA) is 38.8 Å². The third kappa shape index (κ3) is 3.59. The second kappa shape index (κ2) is 3.92. The normalized spacial score (nSPS) is 25.2. The van der Waals surface area contributed by atoms with Gasteiger partial charge in [0.1, 0.15) is 12.2 Å². The van der Waals surface area contributed by atoms with E-state index in [0.29, 0.717) is 13.2 Å². The van der Waals surface area contributed by atoms with Gasteiger partial charge in [-0.25, -0.2) is 0 Å². The largest absolute Gasteiger partial charge is 0.463 e. The number of epoxide rings is 1. The van der Waals surface area contributed by atoms with Crippen LogP contribution in [0.1, 0.15) is 27.2 Å². The summed E-state index contributed by atoms with van der Waals surface area (Å²) < 4.78 is 10.2. The quantitative estimate of drug-likeness (QED) is 0.379. The van der Waals surface area contributed by atoms with Crippen LogP contribution in [0.5, 0.6) is 0 Å². The van der Waals surface area contributed by atoms with E-state index in [9.17, 15) is 4.79 Å². The van der Waals surface area contributed by atoms with Crippen molar-refractivity contribution in [2.24, 2.45) is 0 Å². The summed E-state index contributed by atoms with van der Waals surface area (Å²) in [6.07, 6.45) is 2.94. The highest BCUT2D eigenvalue weighted by Gasteiger charge is 2.44. The number of esters is 1. The molecule has 74 valence electrons. The zero-order valence-electron chi connectivity index (χ0n) is 8.42. The molecule has 1 aliphatic heterocycles. The van der Waals surface area contributed by atoms with Crippen molar-refractivity contribution in [3.05, 3.63) is 11.6 Å². The van der Waals surface area contributed by atoms with Gasteiger partial charge >= 0.3 is 5.97 Å². The van der Waals surface area contributed by atoms with Crippen LogP contribution in [0.4, 0.5) is 0 Å². The van der Waals surface area contributed by atoms with Gasteiger partial charge in [-0.15, -0.1) is 0 Å². The van der Waals surface area contributed by atoms with E-state index in [0.717, 1.165) is 6.42 Å². The Balaban J connectivity index is 2.31. The molecule has 0 aliphatic carbocycles. The van der Waals surface area contributed by atoms with Crippen LogP contribution in [0.25, 0.3) is 0 Å². The van der Waals surface area contributed by atoms with Crippen LogP contribution in [0.2, 0.25) is 0 Å². The Morgan fingerprint density at radius 3 is 2.54 bits per heavy atom. The van der Waals surface area contributed by atoms with Crippen molar-refractivity contribution in [2.45, 2.75) is 32.8 Å². The molecule has 1 saturated heterocycles. The number of carbonyl (C=O) groups is 1. The lowest BCUT2D eigenvalue weighted by Crippen LogP contribution is -2.20. The predicted molar refractivity (Wildman–Crippen MR) is 49.4 cm³/mol. The minimum absolute atomic E-state index is 0.205. The lowest BCUT2D eigenvalue weighted by molar-refractivity contribution is -0.142. The van der Waals surface area contributed by atoms with E-state index < -0.39 is 0 Å². The smallest absolute Gasteiger partial charge is 0.302 e. The van der Waals surface area contributed by atoms with Gasteiger partial charge in [-0.1, -0.05) is 11.6 Å². The Labute approximate surface area is 78.7 Å². The Hall–Kier alpha value is -0.830. The van der Waals surface area contributed by atoms with Crippen molar-refractivity contribution >= 4 is 5.97 Å². The molecule has 1 fully saturated rings. The lowest BCUT2D eigenvalue weighted by atomic mass is 10.1. The third-order valence-corrected chi connectivity index (χ3v) is 1.97. The Kier molecular flexibility index (Phi) is 3.09. The number of carbonyl (C=O) groups excluding carboxylic acids is 1. The maximum absolute atomic E-state index is 10.6. The molecule has 1 heterocycles. The summed E-state index contributed by atoms with van der Waals surface area (Å²) in [5.41, 5.74) is 1.06. The number of ether oxygens (including phenoxy) is 2. The highest BCUT2D eigenvalue weighted by molar-refractivity contribution is 5.66. The van der Waals surface area contributed by atoms with Crippen LogP contribution in [0.15, 0.2) is 11.6 Å². The molecule has 13 heavy (non-hydrogen) atoms. The van der Waals surface area contributed by atoms with E-state index in [2.05, 4.69) is 6.08 Å². The Morgan fingerprint density at radius 2 is 2.15 bits per heavy atom. The minimum atomic E-state index is -0.243. The SMILES string of the molecule is CC(=O)OC[C@]1(CC=C(C)C)CO1. The monoisotopic (exact) mass is 184 g/mol. The highest BCUT2D eigenvalue weighted by atomic mass is 16.6. The average molecular weight is 184 g/mol. The zero-order chi connectivity index (χ0) is 9.90. The molecule has 0 radical (unpaired) electrons. The lowest BCUT2D eigenvalue weighted by Gasteiger charge is -2.08. The molecule has 0 saturated carbocycles. The van der Waals surface area contributed by atoms with Gasteiger partial charge in [-0.2, -0.15) is 0 Å². The molecule has 0 bridgehead atoms. The van der Waals surface area contributed by atoms with Crippen molar-refractivity contribution in [2.75, 3.05) is 13.2 Å². The zero-order valence-corrected chi connectivity index (χ0v) is 8.42. The maximum atomic E-state index is 10.6. The second-order valence-corrected chi connectivity index (χ2v) is 3.74. The van der Waals surface area contributed by atoms with Crippen LogP contribution in [0.3, 0.4) is 0 Å². The van der Waals surface area contributed by atoms with Crippen LogP contribution >= 0.6 is 0 Å². The van der Waals surface area contributed by atoms with E-state index in [1.54, 1.807) is 0 Å². The van der Waals surface area contributed by atoms with Crippen LogP contribution < -0.4 is 0 Å². The highest BCUT2D eigenvalue weighted by Crippen LogP contribution is 2.32. The third-order valence-electron chi connectivity index (χ3n) is 1.97. The number of hydrogen-bond donors (Lipinski definition) is 0. The molecule has 3 nitrogen and oxygen atoms in total. The molecular formula is C10H16O3. The number of rotatable bonds is 4. The fourth-order valence-electron chi connectivity index (χ4n) is 0.985. The van der Waals surface area contributed by atoms with Crippen LogP contribution in [0, 0.1) is 0 Å². The first-order chi connectivity index (χ1) is 6.04. The molecule has 1 atom stereocenters. The summed E-state index contributed by atoms with van der Waals surface area (Å²) in [6.45, 7) is 6.58. The molecule has 0 unspecified atom stereocenters. The first-order valence-electron chi connectivity index (χ1n) is 4.45. The van der Waals surface area contributed by atoms with E-state index in [-0.39, 0.29) is 11.6 Å². The van der Waals surface area contributed by atoms with Crippen LogP contribution in [-0.4, -0.2) is 24.8 Å². The van der Waals surface area contributed by atoms with Crippen LogP contribution in [-0.2, 0) is 14.3 Å². The minimum Gasteiger partial charge on any atom is -0.463 e. The summed E-state index contributed by atoms with van der Waals surface area (Å²) >= 11 is 0. The fraction of sp³-hybridized carbons (Fsp3) is 0.700. The van der Waals surface area contributed by atoms with Crippen molar-refractivity contribution in [3.8, 4) is 0 Å². The first kappa shape index (κ1) is 10.3. The molecule has 0 spiro atoms. The van der Waals surface area contributed by atoms with E-state index in [1.165, 1.54) is 12.5 Å². The number of allylic oxidation sites excluding steroid dienone is 1. The summed E-state index contributed by atoms with van der Waals surface area (Å²) in [5, 5.41) is 0. The molecule has 0 N–H and O–H groups in total. The fourth-order valence-corrected chi connectivity index (χ4v) is 0.985. The second-order valence-electron chi connectivity index (χ2n) is 3.74. The molecule has 1 rings (SSSR count). The van der Waals surface area contributed by atoms with Crippen molar-refractivity contribution in [1.82, 2.24) is 0 Å². The average Bonchev–Trinajstić information content (AvgIpc) is 2.78. The van der Waals surface area contributed by atoms with E-state index >= 15 is 0 Å². The van der Waals surface area contributed by atoms with Gasteiger partial charge in [0.05, 0.1) is 6.61 Å². The number of hydrogen-bond acceptors (Lipinski definition) is 3. The molecule has 0 amide bonds. The Bertz CT molecular complexity index is 222. The van der Waals surface area contributed by atoms with Gasteiger partial charge in [0.15, 0.2) is 0 Å². The van der Waals surface area contributed by atoms with Crippen molar-refractivity contribution < 1.29 is 14.3 Å². The van der Waals surface area contributed by atoms with Gasteiger partial charge in [-0.05, 0) is 13.8 Å². The molecule has 0 aromatic heterocycles. The molecule has 0 aromatic carbocycles. The maximum Gasteiger partial charge on any atom is 0.302 e. The first-order valence-corrected chi connectivity index (χ1v) is 4.45. The standard InChI is InChI=1S/C10H16O3/c1-8(2)4-5-10(7-13-10)6-12-9(3)11/h4H,5-7H2,1-3H3/t10-/m1/s1. The summed E-state index contributed by atoms with van der Waals surface area (Å²) in [7, 11) is 0. The molecular weight excluding hydrogens is 168 g/mol. The van der Waals surface area contributed by atoms with E-state index in [4.69, 9.17) is 9.47 Å². The summed E-state index contributed by atoms with van der Waals surface area (Å²) in [6, 6.07) is 0. The van der Waals surface area contributed by atoms with Gasteiger partial charge in [0, 0.05) is 13.3 Å². The van der Waals surface area contributed by atoms with Crippen molar-refractivity contribution in [3.63, 3.8) is 0 Å².